The Labute approximate surface area is 232 Å². The molecule has 4 nitrogen and oxygen atoms in total. The number of aromatic nitrogens is 4. The van der Waals surface area contributed by atoms with Gasteiger partial charge in [-0.2, -0.15) is 0 Å². The van der Waals surface area contributed by atoms with E-state index in [9.17, 15) is 0 Å². The first-order valence-corrected chi connectivity index (χ1v) is 13.2. The van der Waals surface area contributed by atoms with Gasteiger partial charge in [0.15, 0.2) is 17.5 Å². The second-order valence-corrected chi connectivity index (χ2v) is 9.60. The van der Waals surface area contributed by atoms with Crippen LogP contribution in [0.15, 0.2) is 146 Å². The van der Waals surface area contributed by atoms with Gasteiger partial charge in [0, 0.05) is 29.1 Å². The Bertz CT molecular complexity index is 1860. The maximum atomic E-state index is 5.01. The summed E-state index contributed by atoms with van der Waals surface area (Å²) in [6.45, 7) is 0. The third kappa shape index (κ3) is 4.63. The Morgan fingerprint density at radius 3 is 1.55 bits per heavy atom. The van der Waals surface area contributed by atoms with Crippen LogP contribution in [0.5, 0.6) is 0 Å². The van der Waals surface area contributed by atoms with Gasteiger partial charge >= 0.3 is 0 Å². The second-order valence-electron chi connectivity index (χ2n) is 9.60. The second kappa shape index (κ2) is 10.4. The fourth-order valence-corrected chi connectivity index (χ4v) is 4.98. The Balaban J connectivity index is 1.41. The predicted octanol–water partition coefficient (Wildman–Crippen LogP) is 8.75. The van der Waals surface area contributed by atoms with Crippen molar-refractivity contribution in [3.05, 3.63) is 146 Å². The first-order chi connectivity index (χ1) is 19.8. The van der Waals surface area contributed by atoms with Crippen LogP contribution in [-0.4, -0.2) is 19.9 Å². The van der Waals surface area contributed by atoms with Crippen LogP contribution in [-0.2, 0) is 0 Å². The van der Waals surface area contributed by atoms with Gasteiger partial charge in [-0.1, -0.05) is 115 Å². The van der Waals surface area contributed by atoms with Crippen LogP contribution in [0, 0.1) is 0 Å². The highest BCUT2D eigenvalue weighted by atomic mass is 15.0. The molecular weight excluding hydrogens is 488 g/mol. The van der Waals surface area contributed by atoms with Crippen molar-refractivity contribution in [2.75, 3.05) is 0 Å². The first kappa shape index (κ1) is 23.6. The molecule has 7 aromatic rings. The molecule has 0 fully saturated rings. The average molecular weight is 513 g/mol. The number of nitrogens with zero attached hydrogens (tertiary/aromatic N) is 4. The number of hydrogen-bond donors (Lipinski definition) is 0. The van der Waals surface area contributed by atoms with Gasteiger partial charge in [0.1, 0.15) is 0 Å². The summed E-state index contributed by atoms with van der Waals surface area (Å²) in [5, 5.41) is 2.23. The summed E-state index contributed by atoms with van der Waals surface area (Å²) in [7, 11) is 0. The highest BCUT2D eigenvalue weighted by molar-refractivity contribution is 5.99. The maximum absolute atomic E-state index is 5.01. The minimum atomic E-state index is 0.651. The molecule has 188 valence electrons. The predicted molar refractivity (Wildman–Crippen MR) is 162 cm³/mol. The lowest BCUT2D eigenvalue weighted by Crippen LogP contribution is -2.00. The minimum absolute atomic E-state index is 0.651. The molecule has 0 unspecified atom stereocenters. The van der Waals surface area contributed by atoms with Crippen LogP contribution in [0.2, 0.25) is 0 Å². The molecule has 0 aliphatic heterocycles. The molecule has 0 saturated heterocycles. The molecular formula is C36H24N4. The molecule has 5 aromatic carbocycles. The molecule has 7 rings (SSSR count). The van der Waals surface area contributed by atoms with Crippen molar-refractivity contribution >= 4 is 10.8 Å². The number of benzene rings is 5. The molecule has 0 spiro atoms. The molecule has 0 saturated carbocycles. The van der Waals surface area contributed by atoms with Gasteiger partial charge in [0.25, 0.3) is 0 Å². The quantitative estimate of drug-likeness (QED) is 0.231. The summed E-state index contributed by atoms with van der Waals surface area (Å²) in [5.74, 6) is 1.96. The molecule has 2 heterocycles. The van der Waals surface area contributed by atoms with E-state index in [1.807, 2.05) is 72.9 Å². The van der Waals surface area contributed by atoms with E-state index in [1.165, 1.54) is 0 Å². The SMILES string of the molecule is c1ccc(-c2nc(-c3ccccc3)nc(-c3cc(-c4ccc(-c5cccnc5)cc4)cc4ccccc34)n2)cc1. The molecule has 0 radical (unpaired) electrons. The van der Waals surface area contributed by atoms with Gasteiger partial charge in [0.2, 0.25) is 0 Å². The van der Waals surface area contributed by atoms with Crippen molar-refractivity contribution < 1.29 is 0 Å². The van der Waals surface area contributed by atoms with Crippen molar-refractivity contribution in [2.45, 2.75) is 0 Å². The molecule has 0 bridgehead atoms. The normalized spacial score (nSPS) is 11.0. The van der Waals surface area contributed by atoms with Crippen molar-refractivity contribution in [2.24, 2.45) is 0 Å². The lowest BCUT2D eigenvalue weighted by Gasteiger charge is -2.13. The topological polar surface area (TPSA) is 51.6 Å². The average Bonchev–Trinajstić information content (AvgIpc) is 3.05. The van der Waals surface area contributed by atoms with Crippen molar-refractivity contribution in [3.63, 3.8) is 0 Å². The fourth-order valence-electron chi connectivity index (χ4n) is 4.98. The van der Waals surface area contributed by atoms with Gasteiger partial charge in [-0.05, 0) is 51.2 Å². The first-order valence-electron chi connectivity index (χ1n) is 13.2. The van der Waals surface area contributed by atoms with E-state index in [2.05, 4.69) is 71.7 Å². The molecule has 0 N–H and O–H groups in total. The van der Waals surface area contributed by atoms with Gasteiger partial charge < -0.3 is 0 Å². The molecule has 40 heavy (non-hydrogen) atoms. The highest BCUT2D eigenvalue weighted by Crippen LogP contribution is 2.35. The Morgan fingerprint density at radius 2 is 0.925 bits per heavy atom. The summed E-state index contributed by atoms with van der Waals surface area (Å²) < 4.78 is 0. The maximum Gasteiger partial charge on any atom is 0.164 e. The number of rotatable bonds is 5. The summed E-state index contributed by atoms with van der Waals surface area (Å²) in [4.78, 5) is 19.1. The van der Waals surface area contributed by atoms with Crippen molar-refractivity contribution in [3.8, 4) is 56.4 Å². The van der Waals surface area contributed by atoms with Crippen LogP contribution in [0.3, 0.4) is 0 Å². The number of hydrogen-bond acceptors (Lipinski definition) is 4. The van der Waals surface area contributed by atoms with Gasteiger partial charge in [-0.3, -0.25) is 4.98 Å². The lowest BCUT2D eigenvalue weighted by molar-refractivity contribution is 1.08. The molecule has 0 aliphatic rings. The summed E-state index contributed by atoms with van der Waals surface area (Å²) in [5.41, 5.74) is 7.34. The summed E-state index contributed by atoms with van der Waals surface area (Å²) in [6, 6.07) is 45.6. The Morgan fingerprint density at radius 1 is 0.375 bits per heavy atom. The van der Waals surface area contributed by atoms with Crippen LogP contribution in [0.25, 0.3) is 67.2 Å². The van der Waals surface area contributed by atoms with E-state index in [1.54, 1.807) is 6.20 Å². The zero-order valence-electron chi connectivity index (χ0n) is 21.6. The third-order valence-electron chi connectivity index (χ3n) is 7.02. The van der Waals surface area contributed by atoms with E-state index in [0.29, 0.717) is 17.5 Å². The minimum Gasteiger partial charge on any atom is -0.264 e. The van der Waals surface area contributed by atoms with E-state index >= 15 is 0 Å². The number of fused-ring (bicyclic) bond motifs is 1. The monoisotopic (exact) mass is 512 g/mol. The van der Waals surface area contributed by atoms with Gasteiger partial charge in [-0.15, -0.1) is 0 Å². The van der Waals surface area contributed by atoms with Gasteiger partial charge in [0.05, 0.1) is 0 Å². The Kier molecular flexibility index (Phi) is 6.11. The molecule has 0 atom stereocenters. The Hall–Kier alpha value is -5.48. The zero-order valence-corrected chi connectivity index (χ0v) is 21.6. The van der Waals surface area contributed by atoms with Crippen LogP contribution >= 0.6 is 0 Å². The largest absolute Gasteiger partial charge is 0.264 e. The van der Waals surface area contributed by atoms with Crippen LogP contribution in [0.1, 0.15) is 0 Å². The molecule has 0 aliphatic carbocycles. The van der Waals surface area contributed by atoms with E-state index in [-0.39, 0.29) is 0 Å². The summed E-state index contributed by atoms with van der Waals surface area (Å²) in [6.07, 6.45) is 3.68. The van der Waals surface area contributed by atoms with E-state index < -0.39 is 0 Å². The van der Waals surface area contributed by atoms with Crippen LogP contribution < -0.4 is 0 Å². The van der Waals surface area contributed by atoms with E-state index in [0.717, 1.165) is 49.7 Å². The van der Waals surface area contributed by atoms with Crippen LogP contribution in [0.4, 0.5) is 0 Å². The van der Waals surface area contributed by atoms with E-state index in [4.69, 9.17) is 15.0 Å². The zero-order chi connectivity index (χ0) is 26.7. The molecule has 4 heteroatoms. The molecule has 0 amide bonds. The fraction of sp³-hybridized carbons (Fsp3) is 0. The lowest BCUT2D eigenvalue weighted by atomic mass is 9.95. The third-order valence-corrected chi connectivity index (χ3v) is 7.02. The number of pyridine rings is 1. The standard InChI is InChI=1S/C36H24N4/c1-3-10-27(11-4-1)34-38-35(28-12-5-2-6-13-28)40-36(39-34)33-23-31(22-29-14-7-8-16-32(29)33)26-19-17-25(18-20-26)30-15-9-21-37-24-30/h1-24H. The van der Waals surface area contributed by atoms with Crippen molar-refractivity contribution in [1.29, 1.82) is 0 Å². The summed E-state index contributed by atoms with van der Waals surface area (Å²) >= 11 is 0. The van der Waals surface area contributed by atoms with Crippen molar-refractivity contribution in [1.82, 2.24) is 19.9 Å². The van der Waals surface area contributed by atoms with Gasteiger partial charge in [-0.25, -0.2) is 15.0 Å². The smallest absolute Gasteiger partial charge is 0.164 e. The highest BCUT2D eigenvalue weighted by Gasteiger charge is 2.15. The molecule has 2 aromatic heterocycles.